The molecule has 0 aliphatic heterocycles. The first-order valence-electron chi connectivity index (χ1n) is 3.08. The van der Waals surface area contributed by atoms with Crippen LogP contribution >= 0.6 is 0 Å². The Bertz CT molecular complexity index is 79.4. The second kappa shape index (κ2) is 116. The molecule has 0 atom stereocenters. The average Bonchev–Trinajstić information content (AvgIpc) is 2.29. The van der Waals surface area contributed by atoms with Gasteiger partial charge in [-0.3, -0.25) is 0 Å². The van der Waals surface area contributed by atoms with Gasteiger partial charge >= 0.3 is 51.4 Å². The van der Waals surface area contributed by atoms with Crippen molar-refractivity contribution in [2.75, 3.05) is 6.61 Å². The molecule has 0 bridgehead atoms. The maximum atomic E-state index is 9.01. The molecule has 0 amide bonds. The van der Waals surface area contributed by atoms with Crippen LogP contribution < -0.4 is 56.5 Å². The number of carbonyl (C=O) groups is 1. The van der Waals surface area contributed by atoms with Crippen molar-refractivity contribution < 1.29 is 66.4 Å². The van der Waals surface area contributed by atoms with E-state index in [1.165, 1.54) is 0 Å². The van der Waals surface area contributed by atoms with Gasteiger partial charge in [0.25, 0.3) is 0 Å². The van der Waals surface area contributed by atoms with Crippen LogP contribution in [0.5, 0.6) is 0 Å². The van der Waals surface area contributed by atoms with Gasteiger partial charge in [-0.25, -0.2) is 0 Å². The summed E-state index contributed by atoms with van der Waals surface area (Å²) in [7, 11) is 0. The van der Waals surface area contributed by atoms with Gasteiger partial charge in [0.15, 0.2) is 0 Å². The quantitative estimate of drug-likeness (QED) is 0.413. The molecule has 4 heteroatoms. The number of aliphatic hydroxyl groups excluding tert-OH is 1. The summed E-state index contributed by atoms with van der Waals surface area (Å²) in [5.74, 6) is -1.44. The van der Waals surface area contributed by atoms with Crippen molar-refractivity contribution in [3.05, 3.63) is 52.6 Å². The molecule has 14 heavy (non-hydrogen) atoms. The fourth-order valence-electron chi connectivity index (χ4n) is 0. The van der Waals surface area contributed by atoms with Gasteiger partial charge in [0.2, 0.25) is 0 Å². The van der Waals surface area contributed by atoms with E-state index in [1.807, 2.05) is 0 Å². The molecule has 0 rings (SSSR count). The van der Waals surface area contributed by atoms with Gasteiger partial charge in [-0.15, -0.1) is 52.6 Å². The van der Waals surface area contributed by atoms with E-state index >= 15 is 0 Å². The Morgan fingerprint density at radius 1 is 0.929 bits per heavy atom. The number of hydrogen-bond donors (Lipinski definition) is 1. The predicted molar refractivity (Wildman–Crippen MR) is 57.1 cm³/mol. The Morgan fingerprint density at radius 3 is 1.00 bits per heavy atom. The van der Waals surface area contributed by atoms with Gasteiger partial charge in [0.1, 0.15) is 0 Å². The molecular formula is C10H19KO3. The van der Waals surface area contributed by atoms with E-state index in [0.29, 0.717) is 0 Å². The van der Waals surface area contributed by atoms with Gasteiger partial charge in [-0.05, 0) is 0 Å². The Kier molecular flexibility index (Phi) is 307. The second-order valence-electron chi connectivity index (χ2n) is 0.530. The fraction of sp³-hybridized carbons (Fsp3) is 0.100. The fourth-order valence-corrected chi connectivity index (χ4v) is 0. The molecule has 3 nitrogen and oxygen atoms in total. The third-order valence-electron chi connectivity index (χ3n) is 0.129. The van der Waals surface area contributed by atoms with Gasteiger partial charge in [0.05, 0.1) is 12.6 Å². The van der Waals surface area contributed by atoms with Crippen molar-refractivity contribution >= 4 is 5.97 Å². The molecule has 0 saturated carbocycles. The smallest absolute Gasteiger partial charge is 0.548 e. The molecule has 0 aromatic heterocycles. The van der Waals surface area contributed by atoms with Crippen LogP contribution in [0.25, 0.3) is 0 Å². The van der Waals surface area contributed by atoms with E-state index in [9.17, 15) is 0 Å². The molecule has 0 saturated heterocycles. The molecule has 0 aliphatic rings. The minimum absolute atomic E-state index is 0. The molecule has 0 aromatic carbocycles. The van der Waals surface area contributed by atoms with Crippen LogP contribution in [-0.2, 0) is 4.79 Å². The second-order valence-corrected chi connectivity index (χ2v) is 0.530. The SMILES string of the molecule is C=C.C=C.C=C.C=C.O=C([O-])CO.[K+]. The molecule has 78 valence electrons. The Labute approximate surface area is 130 Å². The van der Waals surface area contributed by atoms with Crippen LogP contribution in [0.3, 0.4) is 0 Å². The molecular weight excluding hydrogens is 207 g/mol. The van der Waals surface area contributed by atoms with Crippen LogP contribution in [-0.4, -0.2) is 17.7 Å². The van der Waals surface area contributed by atoms with E-state index in [0.717, 1.165) is 0 Å². The Balaban J connectivity index is -0.0000000156. The molecule has 0 radical (unpaired) electrons. The number of carbonyl (C=O) groups excluding carboxylic acids is 1. The van der Waals surface area contributed by atoms with Crippen LogP contribution in [0, 0.1) is 0 Å². The van der Waals surface area contributed by atoms with Crippen LogP contribution in [0.2, 0.25) is 0 Å². The molecule has 0 aromatic rings. The summed E-state index contributed by atoms with van der Waals surface area (Å²) in [6, 6.07) is 0. The van der Waals surface area contributed by atoms with Crippen LogP contribution in [0.1, 0.15) is 0 Å². The average molecular weight is 226 g/mol. The third kappa shape index (κ3) is 356. The Morgan fingerprint density at radius 2 is 1.00 bits per heavy atom. The van der Waals surface area contributed by atoms with Crippen LogP contribution in [0.15, 0.2) is 52.6 Å². The van der Waals surface area contributed by atoms with E-state index in [-0.39, 0.29) is 51.4 Å². The minimum Gasteiger partial charge on any atom is -0.548 e. The van der Waals surface area contributed by atoms with Crippen molar-refractivity contribution in [1.82, 2.24) is 0 Å². The summed E-state index contributed by atoms with van der Waals surface area (Å²) in [6.07, 6.45) is 0. The van der Waals surface area contributed by atoms with Gasteiger partial charge in [-0.1, -0.05) is 0 Å². The Hall–Kier alpha value is 0.0264. The first-order valence-corrected chi connectivity index (χ1v) is 3.08. The minimum atomic E-state index is -1.44. The largest absolute Gasteiger partial charge is 1.00 e. The molecule has 0 unspecified atom stereocenters. The zero-order valence-corrected chi connectivity index (χ0v) is 12.3. The summed E-state index contributed by atoms with van der Waals surface area (Å²) in [5, 5.41) is 16.5. The zero-order chi connectivity index (χ0) is 12.3. The predicted octanol–water partition coefficient (Wildman–Crippen LogP) is -2.06. The number of carboxylic acid groups (broad SMARTS) is 1. The van der Waals surface area contributed by atoms with Crippen LogP contribution in [0.4, 0.5) is 0 Å². The van der Waals surface area contributed by atoms with E-state index in [4.69, 9.17) is 15.0 Å². The van der Waals surface area contributed by atoms with Gasteiger partial charge < -0.3 is 15.0 Å². The van der Waals surface area contributed by atoms with Crippen molar-refractivity contribution in [3.8, 4) is 0 Å². The first kappa shape index (κ1) is 36.9. The molecule has 0 heterocycles. The summed E-state index contributed by atoms with van der Waals surface area (Å²) < 4.78 is 0. The van der Waals surface area contributed by atoms with Crippen molar-refractivity contribution in [2.45, 2.75) is 0 Å². The third-order valence-corrected chi connectivity index (χ3v) is 0.129. The van der Waals surface area contributed by atoms with E-state index < -0.39 is 12.6 Å². The number of hydrogen-bond acceptors (Lipinski definition) is 3. The monoisotopic (exact) mass is 226 g/mol. The molecule has 1 N–H and O–H groups in total. The molecule has 0 aliphatic carbocycles. The number of aliphatic carboxylic acids is 1. The number of aliphatic hydroxyl groups is 1. The normalized spacial score (nSPS) is 3.79. The van der Waals surface area contributed by atoms with Gasteiger partial charge in [0, 0.05) is 0 Å². The molecule has 0 spiro atoms. The standard InChI is InChI=1S/C2H4O3.4C2H4.K/c3-1-2(4)5;4*1-2;/h3H,1H2,(H,4,5);4*1-2H2;/q;;;;;+1/p-1. The topological polar surface area (TPSA) is 60.4 Å². The van der Waals surface area contributed by atoms with E-state index in [2.05, 4.69) is 52.6 Å². The summed E-state index contributed by atoms with van der Waals surface area (Å²) >= 11 is 0. The van der Waals surface area contributed by atoms with Crippen molar-refractivity contribution in [1.29, 1.82) is 0 Å². The summed E-state index contributed by atoms with van der Waals surface area (Å²) in [4.78, 5) is 9.01. The van der Waals surface area contributed by atoms with Crippen molar-refractivity contribution in [2.24, 2.45) is 0 Å². The number of rotatable bonds is 1. The van der Waals surface area contributed by atoms with Crippen molar-refractivity contribution in [3.63, 3.8) is 0 Å². The summed E-state index contributed by atoms with van der Waals surface area (Å²) in [5.41, 5.74) is 0. The zero-order valence-electron chi connectivity index (χ0n) is 9.13. The van der Waals surface area contributed by atoms with E-state index in [1.54, 1.807) is 0 Å². The maximum absolute atomic E-state index is 9.01. The van der Waals surface area contributed by atoms with Gasteiger partial charge in [-0.2, -0.15) is 0 Å². The first-order chi connectivity index (χ1) is 6.27. The molecule has 0 fully saturated rings. The maximum Gasteiger partial charge on any atom is 1.00 e. The summed E-state index contributed by atoms with van der Waals surface area (Å²) in [6.45, 7) is 23.1. The number of carboxylic acids is 1.